The molecule has 1 aromatic carbocycles. The lowest BCUT2D eigenvalue weighted by Gasteiger charge is -2.34. The molecule has 4 rings (SSSR count). The summed E-state index contributed by atoms with van der Waals surface area (Å²) in [6.45, 7) is 0.307. The second-order valence-corrected chi connectivity index (χ2v) is 7.74. The Morgan fingerprint density at radius 3 is 2.28 bits per heavy atom. The molecule has 172 valence electrons. The summed E-state index contributed by atoms with van der Waals surface area (Å²) in [5.41, 5.74) is -1.32. The van der Waals surface area contributed by atoms with E-state index in [1.54, 1.807) is 0 Å². The minimum Gasteiger partial charge on any atom is -0.503 e. The standard InChI is InChI=1S/C20H20F5N5O2/c1-28-19-15(13(27-28)9-29-5-7-30(8-6-29)10-20(23,24)25)17(31)18(32)16(26-19)14-11(21)3-2-4-12(14)22/h2-4,32H,5-10H2,1H3,(H,26,31). The number of pyridine rings is 1. The molecule has 2 aromatic heterocycles. The van der Waals surface area contributed by atoms with Crippen LogP contribution in [-0.2, 0) is 13.6 Å². The highest BCUT2D eigenvalue weighted by molar-refractivity contribution is 5.84. The fourth-order valence-corrected chi connectivity index (χ4v) is 3.97. The molecule has 3 aromatic rings. The first kappa shape index (κ1) is 22.2. The predicted octanol–water partition coefficient (Wildman–Crippen LogP) is 2.59. The Kier molecular flexibility index (Phi) is 5.67. The molecule has 0 bridgehead atoms. The quantitative estimate of drug-likeness (QED) is 0.589. The number of nitrogens with one attached hydrogen (secondary N) is 1. The van der Waals surface area contributed by atoms with E-state index < -0.39 is 46.8 Å². The smallest absolute Gasteiger partial charge is 0.401 e. The molecule has 32 heavy (non-hydrogen) atoms. The zero-order valence-electron chi connectivity index (χ0n) is 17.0. The van der Waals surface area contributed by atoms with Crippen LogP contribution in [0.1, 0.15) is 5.69 Å². The van der Waals surface area contributed by atoms with Crippen molar-refractivity contribution in [3.63, 3.8) is 0 Å². The van der Waals surface area contributed by atoms with Crippen molar-refractivity contribution in [2.45, 2.75) is 12.7 Å². The summed E-state index contributed by atoms with van der Waals surface area (Å²) < 4.78 is 67.5. The Morgan fingerprint density at radius 2 is 1.69 bits per heavy atom. The molecule has 2 N–H and O–H groups in total. The van der Waals surface area contributed by atoms with Gasteiger partial charge in [0.2, 0.25) is 5.43 Å². The van der Waals surface area contributed by atoms with Gasteiger partial charge in [0, 0.05) is 39.8 Å². The zero-order chi connectivity index (χ0) is 23.2. The van der Waals surface area contributed by atoms with E-state index >= 15 is 0 Å². The van der Waals surface area contributed by atoms with Gasteiger partial charge in [-0.2, -0.15) is 18.3 Å². The third kappa shape index (κ3) is 4.19. The van der Waals surface area contributed by atoms with Gasteiger partial charge >= 0.3 is 6.18 Å². The third-order valence-electron chi connectivity index (χ3n) is 5.50. The first-order valence-corrected chi connectivity index (χ1v) is 9.82. The summed E-state index contributed by atoms with van der Waals surface area (Å²) in [5.74, 6) is -2.74. The SMILES string of the molecule is Cn1nc(CN2CCN(CC(F)(F)F)CC2)c2c(=O)c(O)c(-c3c(F)cccc3F)[nH]c21. The van der Waals surface area contributed by atoms with Crippen LogP contribution in [0.2, 0.25) is 0 Å². The van der Waals surface area contributed by atoms with Gasteiger partial charge in [-0.3, -0.25) is 19.3 Å². The number of aryl methyl sites for hydroxylation is 1. The second kappa shape index (κ2) is 8.17. The van der Waals surface area contributed by atoms with Gasteiger partial charge in [0.25, 0.3) is 0 Å². The number of halogens is 5. The number of benzene rings is 1. The number of aromatic amines is 1. The van der Waals surface area contributed by atoms with Crippen molar-refractivity contribution >= 4 is 11.0 Å². The lowest BCUT2D eigenvalue weighted by atomic mass is 10.1. The highest BCUT2D eigenvalue weighted by Crippen LogP contribution is 2.31. The molecule has 0 saturated carbocycles. The number of alkyl halides is 3. The fourth-order valence-electron chi connectivity index (χ4n) is 3.97. The molecule has 3 heterocycles. The van der Waals surface area contributed by atoms with Crippen LogP contribution in [0.3, 0.4) is 0 Å². The maximum absolute atomic E-state index is 14.2. The molecule has 1 saturated heterocycles. The maximum Gasteiger partial charge on any atom is 0.401 e. The Labute approximate surface area is 178 Å². The van der Waals surface area contributed by atoms with Crippen molar-refractivity contribution in [2.24, 2.45) is 7.05 Å². The molecule has 0 unspecified atom stereocenters. The van der Waals surface area contributed by atoms with Crippen LogP contribution in [0.25, 0.3) is 22.3 Å². The van der Waals surface area contributed by atoms with Crippen LogP contribution >= 0.6 is 0 Å². The molecule has 7 nitrogen and oxygen atoms in total. The lowest BCUT2D eigenvalue weighted by Crippen LogP contribution is -2.48. The summed E-state index contributed by atoms with van der Waals surface area (Å²) in [5, 5.41) is 14.8. The number of rotatable bonds is 4. The van der Waals surface area contributed by atoms with Crippen molar-refractivity contribution < 1.29 is 27.1 Å². The van der Waals surface area contributed by atoms with Crippen LogP contribution < -0.4 is 5.43 Å². The third-order valence-corrected chi connectivity index (χ3v) is 5.50. The van der Waals surface area contributed by atoms with E-state index in [1.165, 1.54) is 22.7 Å². The van der Waals surface area contributed by atoms with Crippen LogP contribution in [0.5, 0.6) is 5.75 Å². The van der Waals surface area contributed by atoms with Crippen molar-refractivity contribution in [1.82, 2.24) is 24.6 Å². The molecule has 12 heteroatoms. The van der Waals surface area contributed by atoms with E-state index in [-0.39, 0.29) is 30.7 Å². The van der Waals surface area contributed by atoms with Crippen molar-refractivity contribution in [3.05, 3.63) is 45.8 Å². The number of piperazine rings is 1. The largest absolute Gasteiger partial charge is 0.503 e. The van der Waals surface area contributed by atoms with E-state index in [0.29, 0.717) is 18.8 Å². The Bertz CT molecular complexity index is 1190. The first-order valence-electron chi connectivity index (χ1n) is 9.82. The Balaban J connectivity index is 1.65. The molecule has 1 aliphatic heterocycles. The van der Waals surface area contributed by atoms with E-state index in [2.05, 4.69) is 10.1 Å². The molecule has 1 fully saturated rings. The van der Waals surface area contributed by atoms with E-state index in [0.717, 1.165) is 12.1 Å². The fraction of sp³-hybridized carbons (Fsp3) is 0.400. The van der Waals surface area contributed by atoms with Crippen molar-refractivity contribution in [3.8, 4) is 17.0 Å². The number of nitrogens with zero attached hydrogens (tertiary/aromatic N) is 4. The summed E-state index contributed by atoms with van der Waals surface area (Å²) >= 11 is 0. The normalized spacial score (nSPS) is 16.2. The molecule has 0 amide bonds. The molecule has 1 aliphatic rings. The predicted molar refractivity (Wildman–Crippen MR) is 106 cm³/mol. The average Bonchev–Trinajstić information content (AvgIpc) is 3.01. The van der Waals surface area contributed by atoms with Gasteiger partial charge in [0.05, 0.1) is 28.9 Å². The monoisotopic (exact) mass is 457 g/mol. The summed E-state index contributed by atoms with van der Waals surface area (Å²) in [7, 11) is 1.53. The maximum atomic E-state index is 14.2. The van der Waals surface area contributed by atoms with Gasteiger partial charge in [0.15, 0.2) is 5.75 Å². The Morgan fingerprint density at radius 1 is 1.09 bits per heavy atom. The number of hydrogen-bond acceptors (Lipinski definition) is 5. The Hall–Kier alpha value is -2.99. The second-order valence-electron chi connectivity index (χ2n) is 7.74. The van der Waals surface area contributed by atoms with E-state index in [9.17, 15) is 31.9 Å². The molecule has 0 radical (unpaired) electrons. The molecule has 0 aliphatic carbocycles. The molecule has 0 atom stereocenters. The average molecular weight is 457 g/mol. The van der Waals surface area contributed by atoms with Crippen LogP contribution in [0, 0.1) is 11.6 Å². The molecule has 0 spiro atoms. The molecular formula is C20H20F5N5O2. The minimum absolute atomic E-state index is 0.0585. The van der Waals surface area contributed by atoms with Gasteiger partial charge in [0.1, 0.15) is 17.3 Å². The van der Waals surface area contributed by atoms with Gasteiger partial charge in [-0.1, -0.05) is 6.07 Å². The van der Waals surface area contributed by atoms with Crippen molar-refractivity contribution in [1.29, 1.82) is 0 Å². The number of fused-ring (bicyclic) bond motifs is 1. The number of aromatic nitrogens is 3. The zero-order valence-corrected chi connectivity index (χ0v) is 17.0. The van der Waals surface area contributed by atoms with Gasteiger partial charge < -0.3 is 10.1 Å². The van der Waals surface area contributed by atoms with Crippen LogP contribution in [0.15, 0.2) is 23.0 Å². The van der Waals surface area contributed by atoms with Gasteiger partial charge in [-0.25, -0.2) is 8.78 Å². The van der Waals surface area contributed by atoms with E-state index in [4.69, 9.17) is 0 Å². The van der Waals surface area contributed by atoms with Crippen LogP contribution in [-0.4, -0.2) is 68.6 Å². The minimum atomic E-state index is -4.26. The number of hydrogen-bond donors (Lipinski definition) is 2. The molecular weight excluding hydrogens is 437 g/mol. The van der Waals surface area contributed by atoms with E-state index in [1.807, 2.05) is 4.90 Å². The van der Waals surface area contributed by atoms with Gasteiger partial charge in [-0.15, -0.1) is 0 Å². The number of aromatic hydroxyl groups is 1. The summed E-state index contributed by atoms with van der Waals surface area (Å²) in [4.78, 5) is 18.8. The highest BCUT2D eigenvalue weighted by Gasteiger charge is 2.32. The van der Waals surface area contributed by atoms with Crippen LogP contribution in [0.4, 0.5) is 22.0 Å². The van der Waals surface area contributed by atoms with Gasteiger partial charge in [-0.05, 0) is 12.1 Å². The summed E-state index contributed by atoms with van der Waals surface area (Å²) in [6.07, 6.45) is -4.26. The van der Waals surface area contributed by atoms with Crippen molar-refractivity contribution in [2.75, 3.05) is 32.7 Å². The number of H-pyrrole nitrogens is 1. The topological polar surface area (TPSA) is 77.4 Å². The summed E-state index contributed by atoms with van der Waals surface area (Å²) in [6, 6.07) is 3.18. The lowest BCUT2D eigenvalue weighted by molar-refractivity contribution is -0.149. The highest BCUT2D eigenvalue weighted by atomic mass is 19.4. The first-order chi connectivity index (χ1) is 15.0.